The molecule has 0 atom stereocenters. The summed E-state index contributed by atoms with van der Waals surface area (Å²) in [5.41, 5.74) is 6.55. The van der Waals surface area contributed by atoms with E-state index in [0.717, 1.165) is 11.1 Å². The number of hydrogen-bond acceptors (Lipinski definition) is 6. The van der Waals surface area contributed by atoms with E-state index < -0.39 is 26.0 Å². The van der Waals surface area contributed by atoms with E-state index in [1.807, 2.05) is 19.9 Å². The smallest absolute Gasteiger partial charge is 0.273 e. The zero-order valence-corrected chi connectivity index (χ0v) is 36.9. The Hall–Kier alpha value is -3.85. The van der Waals surface area contributed by atoms with Gasteiger partial charge in [0.05, 0.1) is 25.4 Å². The van der Waals surface area contributed by atoms with Crippen LogP contribution in [-0.2, 0) is 20.0 Å². The van der Waals surface area contributed by atoms with Gasteiger partial charge in [-0.05, 0) is 74.5 Å². The summed E-state index contributed by atoms with van der Waals surface area (Å²) in [5, 5.41) is 5.54. The highest BCUT2D eigenvalue weighted by Crippen LogP contribution is 2.39. The molecule has 300 valence electrons. The molecule has 0 saturated carbocycles. The van der Waals surface area contributed by atoms with Crippen LogP contribution in [0.15, 0.2) is 136 Å². The first kappa shape index (κ1) is 45.2. The lowest BCUT2D eigenvalue weighted by atomic mass is 9.99. The number of sulfonamides is 2. The van der Waals surface area contributed by atoms with E-state index in [1.54, 1.807) is 72.8 Å². The normalized spacial score (nSPS) is 11.7. The van der Waals surface area contributed by atoms with Crippen molar-refractivity contribution in [3.05, 3.63) is 174 Å². The van der Waals surface area contributed by atoms with Crippen LogP contribution in [0.25, 0.3) is 22.3 Å². The monoisotopic (exact) mass is 954 g/mol. The molecule has 18 heteroatoms. The van der Waals surface area contributed by atoms with Crippen molar-refractivity contribution in [1.82, 2.24) is 15.1 Å². The third-order valence-electron chi connectivity index (χ3n) is 8.11. The lowest BCUT2D eigenvalue weighted by Gasteiger charge is -2.15. The molecule has 9 nitrogen and oxygen atoms in total. The molecule has 6 rings (SSSR count). The first-order chi connectivity index (χ1) is 27.4. The maximum absolute atomic E-state index is 12.8. The van der Waals surface area contributed by atoms with Crippen molar-refractivity contribution in [2.24, 2.45) is 5.10 Å². The van der Waals surface area contributed by atoms with Gasteiger partial charge in [0.25, 0.3) is 26.0 Å². The second kappa shape index (κ2) is 19.5. The van der Waals surface area contributed by atoms with Gasteiger partial charge in [-0.2, -0.15) is 18.4 Å². The maximum Gasteiger partial charge on any atom is 0.276 e. The third kappa shape index (κ3) is 11.2. The summed E-state index contributed by atoms with van der Waals surface area (Å²) in [4.78, 5) is 17.1. The number of nitrogens with one attached hydrogen (secondary N) is 3. The number of hydrazine groups is 1. The number of rotatable bonds is 10. The fraction of sp³-hybridized carbons (Fsp3) is 0.0500. The zero-order valence-electron chi connectivity index (χ0n) is 30.0. The van der Waals surface area contributed by atoms with E-state index in [0.29, 0.717) is 42.9 Å². The van der Waals surface area contributed by atoms with Crippen molar-refractivity contribution < 1.29 is 21.6 Å². The average Bonchev–Trinajstić information content (AvgIpc) is 3.17. The van der Waals surface area contributed by atoms with E-state index in [-0.39, 0.29) is 35.6 Å². The average molecular weight is 958 g/mol. The summed E-state index contributed by atoms with van der Waals surface area (Å²) >= 11 is 43.7. The fourth-order valence-electron chi connectivity index (χ4n) is 5.17. The summed E-state index contributed by atoms with van der Waals surface area (Å²) in [6.07, 6.45) is 0. The molecule has 6 aromatic carbocycles. The van der Waals surface area contributed by atoms with Gasteiger partial charge in [-0.1, -0.05) is 153 Å². The van der Waals surface area contributed by atoms with Crippen LogP contribution in [0.3, 0.4) is 0 Å². The lowest BCUT2D eigenvalue weighted by Crippen LogP contribution is -2.41. The van der Waals surface area contributed by atoms with Gasteiger partial charge in [0.2, 0.25) is 0 Å². The predicted octanol–water partition coefficient (Wildman–Crippen LogP) is 11.7. The second-order valence-electron chi connectivity index (χ2n) is 12.3. The first-order valence-corrected chi connectivity index (χ1v) is 22.2. The van der Waals surface area contributed by atoms with E-state index in [4.69, 9.17) is 81.2 Å². The Bertz CT molecular complexity index is 2750. The zero-order chi connectivity index (χ0) is 42.4. The highest BCUT2D eigenvalue weighted by atomic mass is 35.5. The van der Waals surface area contributed by atoms with Gasteiger partial charge < -0.3 is 0 Å². The number of carbonyl (C=O) groups excluding carboxylic acids is 1. The fourth-order valence-corrected chi connectivity index (χ4v) is 8.76. The number of aryl methyl sites for hydroxylation is 2. The number of hydrogen-bond donors (Lipinski definition) is 3. The minimum atomic E-state index is -3.96. The van der Waals surface area contributed by atoms with Crippen molar-refractivity contribution in [3.8, 4) is 22.3 Å². The largest absolute Gasteiger partial charge is 0.276 e. The summed E-state index contributed by atoms with van der Waals surface area (Å²) in [6, 6.07) is 32.5. The van der Waals surface area contributed by atoms with Gasteiger partial charge in [-0.15, -0.1) is 4.83 Å². The van der Waals surface area contributed by atoms with Gasteiger partial charge >= 0.3 is 0 Å². The number of hydrazone groups is 1. The van der Waals surface area contributed by atoms with Crippen molar-refractivity contribution in [2.75, 3.05) is 0 Å². The molecule has 0 aliphatic carbocycles. The van der Waals surface area contributed by atoms with Crippen LogP contribution in [0.4, 0.5) is 0 Å². The van der Waals surface area contributed by atoms with Crippen LogP contribution in [-0.4, -0.2) is 27.9 Å². The molecular formula is C40H29Cl7N4O5S2. The van der Waals surface area contributed by atoms with Crippen LogP contribution in [0, 0.1) is 13.8 Å². The topological polar surface area (TPSA) is 134 Å². The van der Waals surface area contributed by atoms with Crippen LogP contribution in [0.5, 0.6) is 0 Å². The molecule has 6 aromatic rings. The molecule has 0 unspecified atom stereocenters. The molecule has 0 saturated heterocycles. The molecule has 0 aliphatic rings. The highest BCUT2D eigenvalue weighted by molar-refractivity contribution is 7.89. The molecule has 0 fully saturated rings. The number of carbonyl (C=O) groups is 1. The first-order valence-electron chi connectivity index (χ1n) is 16.6. The Labute approximate surface area is 370 Å². The van der Waals surface area contributed by atoms with Gasteiger partial charge in [-0.3, -0.25) is 10.2 Å². The molecule has 0 bridgehead atoms. The lowest BCUT2D eigenvalue weighted by molar-refractivity contribution is 0.0945. The number of halogens is 7. The molecule has 3 N–H and O–H groups in total. The standard InChI is InChI=1S/C20H14Cl4N2O2S.C20H15Cl3N2O3S/c1-12-6-8-13(9-7-12)29(27,28)26-25-20(24)16-10-15(18(22)11-19(16)23)14-4-2-3-5-17(14)21;1-12-6-8-14(9-7-12)29(27,28)25-24-20(26)16-10-13(21)11-18(23)19(16)15-4-2-3-5-17(15)22/h2-11,26H,1H3;2-11,25H,1H3,(H,24,26). The van der Waals surface area contributed by atoms with Crippen molar-refractivity contribution in [3.63, 3.8) is 0 Å². The van der Waals surface area contributed by atoms with Gasteiger partial charge in [0.1, 0.15) is 0 Å². The molecule has 1 amide bonds. The van der Waals surface area contributed by atoms with Crippen LogP contribution in [0.1, 0.15) is 27.0 Å². The second-order valence-corrected chi connectivity index (χ2v) is 18.4. The molecule has 58 heavy (non-hydrogen) atoms. The Morgan fingerprint density at radius 1 is 0.534 bits per heavy atom. The van der Waals surface area contributed by atoms with Crippen LogP contribution in [0.2, 0.25) is 30.1 Å². The van der Waals surface area contributed by atoms with Crippen molar-refractivity contribution in [1.29, 1.82) is 0 Å². The van der Waals surface area contributed by atoms with Gasteiger partial charge in [-0.25, -0.2) is 8.42 Å². The summed E-state index contributed by atoms with van der Waals surface area (Å²) in [5.74, 6) is -0.736. The molecule has 0 aliphatic heterocycles. The molecule has 0 aromatic heterocycles. The summed E-state index contributed by atoms with van der Waals surface area (Å²) in [6.45, 7) is 3.70. The Morgan fingerprint density at radius 2 is 1.05 bits per heavy atom. The van der Waals surface area contributed by atoms with Gasteiger partial charge in [0.15, 0.2) is 5.17 Å². The van der Waals surface area contributed by atoms with E-state index in [1.165, 1.54) is 42.5 Å². The number of nitrogens with zero attached hydrogens (tertiary/aromatic N) is 1. The van der Waals surface area contributed by atoms with E-state index >= 15 is 0 Å². The quantitative estimate of drug-likeness (QED) is 0.0929. The summed E-state index contributed by atoms with van der Waals surface area (Å²) in [7, 11) is -7.84. The predicted molar refractivity (Wildman–Crippen MR) is 237 cm³/mol. The Kier molecular flexibility index (Phi) is 15.2. The minimum Gasteiger partial charge on any atom is -0.273 e. The van der Waals surface area contributed by atoms with Crippen molar-refractivity contribution in [2.45, 2.75) is 23.6 Å². The Morgan fingerprint density at radius 3 is 1.60 bits per heavy atom. The number of amides is 1. The number of benzene rings is 6. The van der Waals surface area contributed by atoms with Gasteiger partial charge in [0, 0.05) is 47.9 Å². The maximum atomic E-state index is 12.8. The van der Waals surface area contributed by atoms with Crippen LogP contribution < -0.4 is 15.1 Å². The highest BCUT2D eigenvalue weighted by Gasteiger charge is 2.22. The third-order valence-corrected chi connectivity index (χ3v) is 12.7. The van der Waals surface area contributed by atoms with Crippen LogP contribution >= 0.6 is 81.2 Å². The molecule has 0 spiro atoms. The Balaban J connectivity index is 0.000000221. The SMILES string of the molecule is Cc1ccc(S(=O)(=O)NN=C(Cl)c2cc(-c3ccccc3Cl)c(Cl)cc2Cl)cc1.Cc1ccc(S(=O)(=O)NNC(=O)c2cc(Cl)cc(Cl)c2-c2ccccc2Cl)cc1. The summed E-state index contributed by atoms with van der Waals surface area (Å²) < 4.78 is 49.7. The minimum absolute atomic E-state index is 0.0128. The van der Waals surface area contributed by atoms with E-state index in [2.05, 4.69) is 20.2 Å². The van der Waals surface area contributed by atoms with E-state index in [9.17, 15) is 21.6 Å². The van der Waals surface area contributed by atoms with Crippen molar-refractivity contribution >= 4 is 112 Å². The molecular weight excluding hydrogens is 929 g/mol. The molecule has 0 radical (unpaired) electrons. The molecule has 0 heterocycles.